The van der Waals surface area contributed by atoms with E-state index >= 15 is 0 Å². The second-order valence-electron chi connectivity index (χ2n) is 6.20. The Morgan fingerprint density at radius 2 is 1.87 bits per heavy atom. The highest BCUT2D eigenvalue weighted by atomic mass is 32.2. The molecule has 1 amide bonds. The van der Waals surface area contributed by atoms with E-state index in [9.17, 15) is 13.2 Å². The van der Waals surface area contributed by atoms with Gasteiger partial charge in [0.25, 0.3) is 0 Å². The molecule has 0 aromatic heterocycles. The minimum atomic E-state index is -3.17. The lowest BCUT2D eigenvalue weighted by molar-refractivity contribution is -0.125. The molecule has 0 bridgehead atoms. The van der Waals surface area contributed by atoms with Gasteiger partial charge in [0.15, 0.2) is 9.84 Å². The molecule has 3 N–H and O–H groups in total. The highest BCUT2D eigenvalue weighted by molar-refractivity contribution is 7.91. The van der Waals surface area contributed by atoms with Crippen LogP contribution < -0.4 is 11.1 Å². The van der Waals surface area contributed by atoms with Crippen LogP contribution in [0.3, 0.4) is 0 Å². The maximum atomic E-state index is 12.5. The Labute approximate surface area is 139 Å². The molecule has 0 fully saturated rings. The molecule has 6 heteroatoms. The summed E-state index contributed by atoms with van der Waals surface area (Å²) in [7, 11) is -3.17. The summed E-state index contributed by atoms with van der Waals surface area (Å²) in [4.78, 5) is 12.5. The molecule has 0 aliphatic heterocycles. The van der Waals surface area contributed by atoms with Crippen molar-refractivity contribution in [2.45, 2.75) is 51.5 Å². The lowest BCUT2D eigenvalue weighted by Crippen LogP contribution is -2.41. The van der Waals surface area contributed by atoms with Crippen LogP contribution >= 0.6 is 0 Å². The molecule has 0 radical (unpaired) electrons. The SMILES string of the molecule is CCC(CC)(CN)C(=O)Nc1cccc(CS(=O)(=O)C(C)C)c1. The number of sulfone groups is 1. The van der Waals surface area contributed by atoms with Gasteiger partial charge >= 0.3 is 0 Å². The van der Waals surface area contributed by atoms with Crippen LogP contribution in [0.1, 0.15) is 46.1 Å². The van der Waals surface area contributed by atoms with Gasteiger partial charge in [0.1, 0.15) is 0 Å². The molecule has 1 rings (SSSR count). The molecule has 0 atom stereocenters. The topological polar surface area (TPSA) is 89.3 Å². The fourth-order valence-corrected chi connectivity index (χ4v) is 3.33. The number of nitrogens with two attached hydrogens (primary N) is 1. The fraction of sp³-hybridized carbons (Fsp3) is 0.588. The molecule has 130 valence electrons. The van der Waals surface area contributed by atoms with Crippen LogP contribution in [-0.4, -0.2) is 26.1 Å². The first-order chi connectivity index (χ1) is 10.7. The van der Waals surface area contributed by atoms with E-state index in [1.165, 1.54) is 0 Å². The standard InChI is InChI=1S/C17H28N2O3S/c1-5-17(6-2,12-18)16(20)19-15-9-7-8-14(10-15)11-23(21,22)13(3)4/h7-10,13H,5-6,11-12,18H2,1-4H3,(H,19,20). The van der Waals surface area contributed by atoms with Crippen LogP contribution in [0.15, 0.2) is 24.3 Å². The van der Waals surface area contributed by atoms with Crippen molar-refractivity contribution in [3.8, 4) is 0 Å². The van der Waals surface area contributed by atoms with Gasteiger partial charge in [-0.25, -0.2) is 8.42 Å². The predicted octanol–water partition coefficient (Wildman–Crippen LogP) is 2.71. The smallest absolute Gasteiger partial charge is 0.231 e. The van der Waals surface area contributed by atoms with Gasteiger partial charge in [-0.3, -0.25) is 4.79 Å². The van der Waals surface area contributed by atoms with Crippen LogP contribution in [0.4, 0.5) is 5.69 Å². The van der Waals surface area contributed by atoms with Crippen LogP contribution in [-0.2, 0) is 20.4 Å². The average Bonchev–Trinajstić information content (AvgIpc) is 2.49. The Morgan fingerprint density at radius 3 is 2.35 bits per heavy atom. The summed E-state index contributed by atoms with van der Waals surface area (Å²) in [5.41, 5.74) is 6.48. The number of carbonyl (C=O) groups excluding carboxylic acids is 1. The number of carbonyl (C=O) groups is 1. The Morgan fingerprint density at radius 1 is 1.26 bits per heavy atom. The van der Waals surface area contributed by atoms with Crippen LogP contribution in [0, 0.1) is 5.41 Å². The first-order valence-corrected chi connectivity index (χ1v) is 9.74. The number of hydrogen-bond donors (Lipinski definition) is 2. The number of anilines is 1. The Balaban J connectivity index is 2.96. The minimum Gasteiger partial charge on any atom is -0.329 e. The average molecular weight is 340 g/mol. The quantitative estimate of drug-likeness (QED) is 0.761. The molecular weight excluding hydrogens is 312 g/mol. The maximum absolute atomic E-state index is 12.5. The monoisotopic (exact) mass is 340 g/mol. The van der Waals surface area contributed by atoms with Gasteiger partial charge in [-0.1, -0.05) is 26.0 Å². The van der Waals surface area contributed by atoms with Crippen molar-refractivity contribution in [2.24, 2.45) is 11.1 Å². The Kier molecular flexibility index (Phi) is 6.77. The van der Waals surface area contributed by atoms with Gasteiger partial charge in [-0.2, -0.15) is 0 Å². The third kappa shape index (κ3) is 4.78. The van der Waals surface area contributed by atoms with Crippen molar-refractivity contribution < 1.29 is 13.2 Å². The number of nitrogens with one attached hydrogen (secondary N) is 1. The van der Waals surface area contributed by atoms with Crippen LogP contribution in [0.5, 0.6) is 0 Å². The summed E-state index contributed by atoms with van der Waals surface area (Å²) < 4.78 is 24.1. The van der Waals surface area contributed by atoms with Gasteiger partial charge in [0.2, 0.25) is 5.91 Å². The van der Waals surface area contributed by atoms with E-state index in [0.29, 0.717) is 24.1 Å². The zero-order valence-electron chi connectivity index (χ0n) is 14.4. The third-order valence-corrected chi connectivity index (χ3v) is 6.67. The molecule has 0 spiro atoms. The van der Waals surface area contributed by atoms with E-state index in [0.717, 1.165) is 0 Å². The largest absolute Gasteiger partial charge is 0.329 e. The third-order valence-electron chi connectivity index (χ3n) is 4.50. The molecule has 0 aliphatic rings. The van der Waals surface area contributed by atoms with Crippen molar-refractivity contribution >= 4 is 21.4 Å². The zero-order valence-corrected chi connectivity index (χ0v) is 15.2. The lowest BCUT2D eigenvalue weighted by atomic mass is 9.81. The van der Waals surface area contributed by atoms with Crippen molar-refractivity contribution in [3.05, 3.63) is 29.8 Å². The minimum absolute atomic E-state index is 0.0298. The molecule has 23 heavy (non-hydrogen) atoms. The van der Waals surface area contributed by atoms with Gasteiger partial charge in [0, 0.05) is 12.2 Å². The summed E-state index contributed by atoms with van der Waals surface area (Å²) in [5.74, 6) is -0.147. The van der Waals surface area contributed by atoms with Crippen molar-refractivity contribution in [3.63, 3.8) is 0 Å². The Hall–Kier alpha value is -1.40. The maximum Gasteiger partial charge on any atom is 0.231 e. The second-order valence-corrected chi connectivity index (χ2v) is 8.76. The van der Waals surface area contributed by atoms with E-state index in [1.807, 2.05) is 13.8 Å². The molecule has 1 aromatic carbocycles. The first kappa shape index (κ1) is 19.6. The number of hydrogen-bond acceptors (Lipinski definition) is 4. The molecular formula is C17H28N2O3S. The first-order valence-electron chi connectivity index (χ1n) is 8.02. The van der Waals surface area contributed by atoms with E-state index in [1.54, 1.807) is 38.1 Å². The summed E-state index contributed by atoms with van der Waals surface area (Å²) in [6.07, 6.45) is 1.32. The summed E-state index contributed by atoms with van der Waals surface area (Å²) in [6, 6.07) is 6.98. The Bertz CT molecular complexity index is 627. The van der Waals surface area contributed by atoms with E-state index in [2.05, 4.69) is 5.32 Å². The molecule has 0 heterocycles. The highest BCUT2D eigenvalue weighted by Gasteiger charge is 2.33. The van der Waals surface area contributed by atoms with Gasteiger partial charge in [-0.15, -0.1) is 0 Å². The molecule has 5 nitrogen and oxygen atoms in total. The van der Waals surface area contributed by atoms with Gasteiger partial charge in [0.05, 0.1) is 16.4 Å². The highest BCUT2D eigenvalue weighted by Crippen LogP contribution is 2.27. The number of amides is 1. The van der Waals surface area contributed by atoms with E-state index in [-0.39, 0.29) is 18.2 Å². The number of rotatable bonds is 8. The van der Waals surface area contributed by atoms with E-state index < -0.39 is 20.5 Å². The van der Waals surface area contributed by atoms with Crippen molar-refractivity contribution in [1.29, 1.82) is 0 Å². The fourth-order valence-electron chi connectivity index (χ4n) is 2.35. The lowest BCUT2D eigenvalue weighted by Gasteiger charge is -2.28. The second kappa shape index (κ2) is 7.93. The van der Waals surface area contributed by atoms with Crippen molar-refractivity contribution in [1.82, 2.24) is 0 Å². The zero-order chi connectivity index (χ0) is 17.7. The molecule has 0 saturated carbocycles. The predicted molar refractivity (Wildman–Crippen MR) is 94.9 cm³/mol. The number of benzene rings is 1. The molecule has 0 saturated heterocycles. The van der Waals surface area contributed by atoms with Crippen LogP contribution in [0.25, 0.3) is 0 Å². The summed E-state index contributed by atoms with van der Waals surface area (Å²) >= 11 is 0. The van der Waals surface area contributed by atoms with Crippen molar-refractivity contribution in [2.75, 3.05) is 11.9 Å². The molecule has 1 aromatic rings. The van der Waals surface area contributed by atoms with Gasteiger partial charge < -0.3 is 11.1 Å². The molecule has 0 unspecified atom stereocenters. The summed E-state index contributed by atoms with van der Waals surface area (Å²) in [6.45, 7) is 7.51. The normalized spacial score (nSPS) is 12.4. The van der Waals surface area contributed by atoms with E-state index in [4.69, 9.17) is 5.73 Å². The summed E-state index contributed by atoms with van der Waals surface area (Å²) in [5, 5.41) is 2.45. The van der Waals surface area contributed by atoms with Crippen LogP contribution in [0.2, 0.25) is 0 Å². The molecule has 0 aliphatic carbocycles. The van der Waals surface area contributed by atoms with Gasteiger partial charge in [-0.05, 0) is 44.4 Å².